The molecule has 0 unspecified atom stereocenters. The summed E-state index contributed by atoms with van der Waals surface area (Å²) in [5, 5.41) is 13.9. The zero-order valence-corrected chi connectivity index (χ0v) is 11.4. The van der Waals surface area contributed by atoms with E-state index in [1.165, 1.54) is 18.6 Å². The van der Waals surface area contributed by atoms with Gasteiger partial charge in [0.15, 0.2) is 0 Å². The van der Waals surface area contributed by atoms with Gasteiger partial charge in [0, 0.05) is 13.0 Å². The molecule has 110 valence electrons. The third-order valence-electron chi connectivity index (χ3n) is 2.67. The Kier molecular flexibility index (Phi) is 5.76. The van der Waals surface area contributed by atoms with Crippen molar-refractivity contribution in [2.24, 2.45) is 5.92 Å². The lowest BCUT2D eigenvalue weighted by Gasteiger charge is -2.17. The molecule has 3 N–H and O–H groups in total. The van der Waals surface area contributed by atoms with Gasteiger partial charge in [-0.25, -0.2) is 4.79 Å². The van der Waals surface area contributed by atoms with Crippen molar-refractivity contribution in [1.29, 1.82) is 0 Å². The van der Waals surface area contributed by atoms with E-state index in [9.17, 15) is 14.4 Å². The highest BCUT2D eigenvalue weighted by atomic mass is 16.4. The fourth-order valence-corrected chi connectivity index (χ4v) is 1.54. The minimum absolute atomic E-state index is 0.0140. The number of rotatable bonds is 7. The van der Waals surface area contributed by atoms with Gasteiger partial charge in [-0.2, -0.15) is 0 Å². The maximum atomic E-state index is 11.6. The SMILES string of the molecule is CC(C)[C@H](NC(=O)CCNC(=O)c1ccoc1)C(=O)O. The van der Waals surface area contributed by atoms with Crippen LogP contribution in [0.5, 0.6) is 0 Å². The second-order valence-electron chi connectivity index (χ2n) is 4.65. The predicted molar refractivity (Wildman–Crippen MR) is 70.1 cm³/mol. The molecule has 0 aliphatic heterocycles. The number of carbonyl (C=O) groups excluding carboxylic acids is 2. The lowest BCUT2D eigenvalue weighted by Crippen LogP contribution is -2.45. The lowest BCUT2D eigenvalue weighted by molar-refractivity contribution is -0.143. The normalized spacial score (nSPS) is 11.9. The fourth-order valence-electron chi connectivity index (χ4n) is 1.54. The van der Waals surface area contributed by atoms with Crippen LogP contribution in [0, 0.1) is 5.92 Å². The summed E-state index contributed by atoms with van der Waals surface area (Å²) in [6.45, 7) is 3.54. The second kappa shape index (κ2) is 7.32. The second-order valence-corrected chi connectivity index (χ2v) is 4.65. The average Bonchev–Trinajstić information content (AvgIpc) is 2.88. The van der Waals surface area contributed by atoms with E-state index in [0.29, 0.717) is 5.56 Å². The standard InChI is InChI=1S/C13H18N2O5/c1-8(2)11(13(18)19)15-10(16)3-5-14-12(17)9-4-6-20-7-9/h4,6-8,11H,3,5H2,1-2H3,(H,14,17)(H,15,16)(H,18,19)/t11-/m0/s1. The molecule has 1 atom stereocenters. The molecule has 0 aliphatic rings. The molecule has 0 aliphatic carbocycles. The van der Waals surface area contributed by atoms with Crippen molar-refractivity contribution in [3.8, 4) is 0 Å². The molecule has 0 aromatic carbocycles. The van der Waals surface area contributed by atoms with Crippen molar-refractivity contribution >= 4 is 17.8 Å². The summed E-state index contributed by atoms with van der Waals surface area (Å²) >= 11 is 0. The van der Waals surface area contributed by atoms with Crippen LogP contribution < -0.4 is 10.6 Å². The molecule has 7 heteroatoms. The lowest BCUT2D eigenvalue weighted by atomic mass is 10.0. The van der Waals surface area contributed by atoms with Crippen LogP contribution in [0.25, 0.3) is 0 Å². The number of aliphatic carboxylic acids is 1. The molecule has 1 rings (SSSR count). The quantitative estimate of drug-likeness (QED) is 0.679. The molecule has 7 nitrogen and oxygen atoms in total. The first-order valence-corrected chi connectivity index (χ1v) is 6.24. The molecule has 0 saturated heterocycles. The molecule has 20 heavy (non-hydrogen) atoms. The Morgan fingerprint density at radius 3 is 2.55 bits per heavy atom. The maximum absolute atomic E-state index is 11.6. The molecular formula is C13H18N2O5. The number of furan rings is 1. The molecule has 0 radical (unpaired) electrons. The van der Waals surface area contributed by atoms with Gasteiger partial charge in [-0.1, -0.05) is 13.8 Å². The Balaban J connectivity index is 2.33. The zero-order chi connectivity index (χ0) is 15.1. The number of nitrogens with one attached hydrogen (secondary N) is 2. The van der Waals surface area contributed by atoms with Crippen LogP contribution in [-0.4, -0.2) is 35.5 Å². The van der Waals surface area contributed by atoms with Gasteiger partial charge >= 0.3 is 5.97 Å². The number of hydrogen-bond acceptors (Lipinski definition) is 4. The topological polar surface area (TPSA) is 109 Å². The highest BCUT2D eigenvalue weighted by Gasteiger charge is 2.23. The van der Waals surface area contributed by atoms with Gasteiger partial charge in [-0.15, -0.1) is 0 Å². The van der Waals surface area contributed by atoms with Gasteiger partial charge in [-0.3, -0.25) is 9.59 Å². The van der Waals surface area contributed by atoms with Crippen LogP contribution in [0.3, 0.4) is 0 Å². The Bertz CT molecular complexity index is 467. The molecule has 1 heterocycles. The molecule has 2 amide bonds. The van der Waals surface area contributed by atoms with E-state index in [-0.39, 0.29) is 24.8 Å². The van der Waals surface area contributed by atoms with Gasteiger partial charge in [-0.05, 0) is 12.0 Å². The summed E-state index contributed by atoms with van der Waals surface area (Å²) in [6, 6.07) is 0.585. The first-order chi connectivity index (χ1) is 9.41. The van der Waals surface area contributed by atoms with Crippen molar-refractivity contribution in [2.75, 3.05) is 6.54 Å². The van der Waals surface area contributed by atoms with E-state index in [1.807, 2.05) is 0 Å². The maximum Gasteiger partial charge on any atom is 0.326 e. The van der Waals surface area contributed by atoms with E-state index >= 15 is 0 Å². The minimum atomic E-state index is -1.07. The third-order valence-corrected chi connectivity index (χ3v) is 2.67. The van der Waals surface area contributed by atoms with Gasteiger partial charge in [0.2, 0.25) is 5.91 Å². The van der Waals surface area contributed by atoms with Gasteiger partial charge in [0.1, 0.15) is 12.3 Å². The van der Waals surface area contributed by atoms with Crippen LogP contribution in [-0.2, 0) is 9.59 Å². The summed E-state index contributed by atoms with van der Waals surface area (Å²) in [5.41, 5.74) is 0.371. The minimum Gasteiger partial charge on any atom is -0.480 e. The zero-order valence-electron chi connectivity index (χ0n) is 11.4. The Labute approximate surface area is 116 Å². The third kappa shape index (κ3) is 4.75. The predicted octanol–water partition coefficient (Wildman–Crippen LogP) is 0.625. The fraction of sp³-hybridized carbons (Fsp3) is 0.462. The highest BCUT2D eigenvalue weighted by Crippen LogP contribution is 2.02. The molecule has 1 aromatic rings. The van der Waals surface area contributed by atoms with E-state index in [2.05, 4.69) is 10.6 Å². The highest BCUT2D eigenvalue weighted by molar-refractivity contribution is 5.94. The smallest absolute Gasteiger partial charge is 0.326 e. The first-order valence-electron chi connectivity index (χ1n) is 6.24. The van der Waals surface area contributed by atoms with E-state index in [0.717, 1.165) is 0 Å². The summed E-state index contributed by atoms with van der Waals surface area (Å²) < 4.78 is 4.76. The molecule has 1 aromatic heterocycles. The molecule has 0 spiro atoms. The van der Waals surface area contributed by atoms with Gasteiger partial charge in [0.05, 0.1) is 11.8 Å². The summed E-state index contributed by atoms with van der Waals surface area (Å²) in [4.78, 5) is 34.0. The molecule has 0 saturated carbocycles. The number of carboxylic acid groups (broad SMARTS) is 1. The monoisotopic (exact) mass is 282 g/mol. The summed E-state index contributed by atoms with van der Waals surface area (Å²) in [6.07, 6.45) is 2.69. The van der Waals surface area contributed by atoms with Crippen LogP contribution >= 0.6 is 0 Å². The van der Waals surface area contributed by atoms with Crippen molar-refractivity contribution < 1.29 is 23.9 Å². The summed E-state index contributed by atoms with van der Waals surface area (Å²) in [5.74, 6) is -2.04. The van der Waals surface area contributed by atoms with Crippen LogP contribution in [0.15, 0.2) is 23.0 Å². The van der Waals surface area contributed by atoms with Crippen molar-refractivity contribution in [3.05, 3.63) is 24.2 Å². The number of carboxylic acids is 1. The molecular weight excluding hydrogens is 264 g/mol. The number of carbonyl (C=O) groups is 3. The Morgan fingerprint density at radius 1 is 1.35 bits per heavy atom. The Hall–Kier alpha value is -2.31. The molecule has 0 bridgehead atoms. The van der Waals surface area contributed by atoms with Crippen LogP contribution in [0.4, 0.5) is 0 Å². The van der Waals surface area contributed by atoms with Gasteiger partial charge in [0.25, 0.3) is 5.91 Å². The number of amides is 2. The van der Waals surface area contributed by atoms with Crippen LogP contribution in [0.1, 0.15) is 30.6 Å². The Morgan fingerprint density at radius 2 is 2.05 bits per heavy atom. The van der Waals surface area contributed by atoms with Crippen molar-refractivity contribution in [3.63, 3.8) is 0 Å². The van der Waals surface area contributed by atoms with E-state index in [1.54, 1.807) is 13.8 Å². The largest absolute Gasteiger partial charge is 0.480 e. The van der Waals surface area contributed by atoms with Gasteiger partial charge < -0.3 is 20.2 Å². The average molecular weight is 282 g/mol. The molecule has 0 fully saturated rings. The van der Waals surface area contributed by atoms with Crippen LogP contribution in [0.2, 0.25) is 0 Å². The number of hydrogen-bond donors (Lipinski definition) is 3. The van der Waals surface area contributed by atoms with Crippen molar-refractivity contribution in [2.45, 2.75) is 26.3 Å². The summed E-state index contributed by atoms with van der Waals surface area (Å²) in [7, 11) is 0. The first kappa shape index (κ1) is 15.7. The van der Waals surface area contributed by atoms with E-state index in [4.69, 9.17) is 9.52 Å². The van der Waals surface area contributed by atoms with Crippen molar-refractivity contribution in [1.82, 2.24) is 10.6 Å². The van der Waals surface area contributed by atoms with E-state index < -0.39 is 17.9 Å².